The van der Waals surface area contributed by atoms with Crippen molar-refractivity contribution in [3.63, 3.8) is 0 Å². The maximum Gasteiger partial charge on any atom is 0.269 e. The Morgan fingerprint density at radius 2 is 1.18 bits per heavy atom. The van der Waals surface area contributed by atoms with Crippen LogP contribution in [0.5, 0.6) is 11.5 Å². The number of nitrogens with zero attached hydrogens (tertiary/aromatic N) is 6. The van der Waals surface area contributed by atoms with E-state index in [1.54, 1.807) is 43.5 Å². The van der Waals surface area contributed by atoms with Gasteiger partial charge in [-0.05, 0) is 63.2 Å². The van der Waals surface area contributed by atoms with Gasteiger partial charge in [0.05, 0.1) is 63.2 Å². The van der Waals surface area contributed by atoms with E-state index in [0.29, 0.717) is 52.2 Å². The Kier molecular flexibility index (Phi) is 10.1. The molecule has 0 aliphatic heterocycles. The number of aromatic nitrogens is 2. The van der Waals surface area contributed by atoms with E-state index in [0.717, 1.165) is 33.4 Å². The monoisotopic (exact) mass is 684 g/mol. The number of carbonyl (C=O) groups excluding carboxylic acids is 1. The molecular weight excluding hydrogens is 652 g/mol. The Hall–Kier alpha value is -6.99. The summed E-state index contributed by atoms with van der Waals surface area (Å²) < 4.78 is 14.6. The highest BCUT2D eigenvalue weighted by molar-refractivity contribution is 6.04. The average molecular weight is 685 g/mol. The summed E-state index contributed by atoms with van der Waals surface area (Å²) >= 11 is 0. The average Bonchev–Trinajstić information content (AvgIpc) is 3.64. The number of rotatable bonds is 9. The van der Waals surface area contributed by atoms with Gasteiger partial charge in [0.1, 0.15) is 23.6 Å². The molecular formula is C38H32N6O7. The summed E-state index contributed by atoms with van der Waals surface area (Å²) in [5, 5.41) is 42.7. The van der Waals surface area contributed by atoms with Crippen LogP contribution >= 0.6 is 0 Å². The number of Topliss-reactive ketones (excluding diaryl/α,β-unsaturated/α-hetero) is 1. The summed E-state index contributed by atoms with van der Waals surface area (Å²) in [5.74, 6) is 1.01. The molecule has 0 amide bonds. The van der Waals surface area contributed by atoms with Crippen molar-refractivity contribution in [2.24, 2.45) is 0 Å². The Morgan fingerprint density at radius 3 is 1.57 bits per heavy atom. The van der Waals surface area contributed by atoms with Gasteiger partial charge in [-0.1, -0.05) is 0 Å². The maximum atomic E-state index is 12.0. The third kappa shape index (κ3) is 6.44. The van der Waals surface area contributed by atoms with Crippen molar-refractivity contribution in [3.8, 4) is 46.2 Å². The Balaban J connectivity index is 0.000000199. The molecule has 6 aromatic rings. The summed E-state index contributed by atoms with van der Waals surface area (Å²) in [4.78, 5) is 32.8. The zero-order chi connectivity index (χ0) is 37.0. The molecule has 13 heteroatoms. The van der Waals surface area contributed by atoms with Crippen LogP contribution in [0.3, 0.4) is 0 Å². The van der Waals surface area contributed by atoms with E-state index in [1.807, 2.05) is 41.2 Å². The number of benzene rings is 4. The molecule has 0 aliphatic carbocycles. The molecule has 13 nitrogen and oxygen atoms in total. The SMILES string of the molecule is CCn1c(-c2ccc([N+](=O)[O-])cc2)c(C#N)c2cc(C(C)=O)c(OC)cc21.CCn1c(-c2ccc([N+](=O)[O-])cc2)c(C#N)c2ccc(OC)cc21. The number of ketones is 1. The fourth-order valence-corrected chi connectivity index (χ4v) is 6.24. The second-order valence-electron chi connectivity index (χ2n) is 11.3. The first-order valence-corrected chi connectivity index (χ1v) is 15.8. The molecule has 0 fully saturated rings. The van der Waals surface area contributed by atoms with Gasteiger partial charge in [-0.15, -0.1) is 0 Å². The van der Waals surface area contributed by atoms with Crippen LogP contribution in [0.1, 0.15) is 42.3 Å². The highest BCUT2D eigenvalue weighted by atomic mass is 16.6. The first kappa shape index (κ1) is 35.3. The predicted molar refractivity (Wildman–Crippen MR) is 192 cm³/mol. The highest BCUT2D eigenvalue weighted by Gasteiger charge is 2.22. The molecule has 0 radical (unpaired) electrons. The highest BCUT2D eigenvalue weighted by Crippen LogP contribution is 2.38. The number of nitro benzene ring substituents is 2. The first-order chi connectivity index (χ1) is 24.5. The normalized spacial score (nSPS) is 10.6. The van der Waals surface area contributed by atoms with Crippen molar-refractivity contribution < 1.29 is 24.1 Å². The molecule has 0 saturated heterocycles. The van der Waals surface area contributed by atoms with Gasteiger partial charge in [0, 0.05) is 71.4 Å². The lowest BCUT2D eigenvalue weighted by Gasteiger charge is -2.10. The van der Waals surface area contributed by atoms with Crippen molar-refractivity contribution in [1.29, 1.82) is 10.5 Å². The van der Waals surface area contributed by atoms with Gasteiger partial charge < -0.3 is 18.6 Å². The zero-order valence-electron chi connectivity index (χ0n) is 28.5. The summed E-state index contributed by atoms with van der Waals surface area (Å²) in [5.41, 5.74) is 5.96. The van der Waals surface area contributed by atoms with Crippen LogP contribution < -0.4 is 9.47 Å². The third-order valence-electron chi connectivity index (χ3n) is 8.59. The van der Waals surface area contributed by atoms with Crippen LogP contribution in [-0.4, -0.2) is 39.0 Å². The van der Waals surface area contributed by atoms with Crippen LogP contribution in [-0.2, 0) is 13.1 Å². The number of nitro groups is 2. The smallest absolute Gasteiger partial charge is 0.269 e. The lowest BCUT2D eigenvalue weighted by atomic mass is 10.0. The number of non-ortho nitro benzene ring substituents is 2. The minimum absolute atomic E-state index is 0.0167. The van der Waals surface area contributed by atoms with E-state index in [9.17, 15) is 35.5 Å². The van der Waals surface area contributed by atoms with Crippen molar-refractivity contribution in [2.75, 3.05) is 14.2 Å². The number of hydrogen-bond donors (Lipinski definition) is 0. The number of fused-ring (bicyclic) bond motifs is 2. The number of carbonyl (C=O) groups is 1. The quantitative estimate of drug-likeness (QED) is 0.0820. The molecule has 4 aromatic carbocycles. The molecule has 0 bridgehead atoms. The summed E-state index contributed by atoms with van der Waals surface area (Å²) in [7, 11) is 3.10. The van der Waals surface area contributed by atoms with Crippen LogP contribution in [0.2, 0.25) is 0 Å². The largest absolute Gasteiger partial charge is 0.497 e. The van der Waals surface area contributed by atoms with Crippen molar-refractivity contribution in [1.82, 2.24) is 9.13 Å². The Bertz CT molecular complexity index is 2410. The number of aryl methyl sites for hydroxylation is 2. The number of methoxy groups -OCH3 is 2. The summed E-state index contributed by atoms with van der Waals surface area (Å²) in [6.45, 7) is 6.63. The Morgan fingerprint density at radius 1 is 0.706 bits per heavy atom. The van der Waals surface area contributed by atoms with Gasteiger partial charge in [-0.2, -0.15) is 10.5 Å². The molecule has 51 heavy (non-hydrogen) atoms. The van der Waals surface area contributed by atoms with E-state index in [-0.39, 0.29) is 17.2 Å². The van der Waals surface area contributed by atoms with E-state index in [4.69, 9.17) is 9.47 Å². The second-order valence-corrected chi connectivity index (χ2v) is 11.3. The molecule has 0 spiro atoms. The zero-order valence-corrected chi connectivity index (χ0v) is 28.5. The fourth-order valence-electron chi connectivity index (χ4n) is 6.24. The van der Waals surface area contributed by atoms with E-state index < -0.39 is 9.85 Å². The molecule has 0 aliphatic rings. The molecule has 2 aromatic heterocycles. The van der Waals surface area contributed by atoms with Crippen molar-refractivity contribution in [2.45, 2.75) is 33.9 Å². The van der Waals surface area contributed by atoms with Gasteiger partial charge in [-0.25, -0.2) is 0 Å². The predicted octanol–water partition coefficient (Wildman–Crippen LogP) is 8.44. The number of hydrogen-bond acceptors (Lipinski definition) is 9. The van der Waals surface area contributed by atoms with Crippen LogP contribution in [0.4, 0.5) is 11.4 Å². The standard InChI is InChI=1S/C20H17N3O4.C18H15N3O3/c1-4-22-18-10-19(27-3)15(12(2)24)9-16(18)17(11-21)20(22)13-5-7-14(8-6-13)23(25)26;1-3-20-17-10-14(24-2)8-9-15(17)16(11-19)18(20)12-4-6-13(7-5-12)21(22)23/h5-10H,4H2,1-3H3;4-10H,3H2,1-2H3. The minimum atomic E-state index is -0.464. The van der Waals surface area contributed by atoms with Crippen LogP contribution in [0.15, 0.2) is 78.9 Å². The van der Waals surface area contributed by atoms with Gasteiger partial charge in [0.15, 0.2) is 5.78 Å². The molecule has 0 unspecified atom stereocenters. The second kappa shape index (κ2) is 14.6. The molecule has 256 valence electrons. The number of ether oxygens (including phenoxy) is 2. The van der Waals surface area contributed by atoms with Crippen molar-refractivity contribution in [3.05, 3.63) is 116 Å². The molecule has 0 atom stereocenters. The van der Waals surface area contributed by atoms with Gasteiger partial charge in [0.2, 0.25) is 0 Å². The molecule has 6 rings (SSSR count). The molecule has 0 saturated carbocycles. The first-order valence-electron chi connectivity index (χ1n) is 15.8. The minimum Gasteiger partial charge on any atom is -0.497 e. The van der Waals surface area contributed by atoms with Gasteiger partial charge in [-0.3, -0.25) is 25.0 Å². The lowest BCUT2D eigenvalue weighted by Crippen LogP contribution is -2.00. The summed E-state index contributed by atoms with van der Waals surface area (Å²) in [6.07, 6.45) is 0. The third-order valence-corrected chi connectivity index (χ3v) is 8.59. The lowest BCUT2D eigenvalue weighted by molar-refractivity contribution is -0.385. The molecule has 2 heterocycles. The van der Waals surface area contributed by atoms with Crippen molar-refractivity contribution >= 4 is 39.0 Å². The van der Waals surface area contributed by atoms with E-state index in [2.05, 4.69) is 12.1 Å². The Labute approximate surface area is 292 Å². The molecule has 0 N–H and O–H groups in total. The maximum absolute atomic E-state index is 12.0. The van der Waals surface area contributed by atoms with Gasteiger partial charge in [0.25, 0.3) is 11.4 Å². The van der Waals surface area contributed by atoms with Gasteiger partial charge >= 0.3 is 0 Å². The van der Waals surface area contributed by atoms with E-state index >= 15 is 0 Å². The van der Waals surface area contributed by atoms with E-state index in [1.165, 1.54) is 38.3 Å². The fraction of sp³-hybridized carbons (Fsp3) is 0.184. The van der Waals surface area contributed by atoms with Crippen LogP contribution in [0.25, 0.3) is 44.3 Å². The number of nitriles is 2. The van der Waals surface area contributed by atoms with Crippen LogP contribution in [0, 0.1) is 42.9 Å². The summed E-state index contributed by atoms with van der Waals surface area (Å²) in [6, 6.07) is 25.9. The topological polar surface area (TPSA) is 179 Å².